The van der Waals surface area contributed by atoms with Gasteiger partial charge in [0.25, 0.3) is 0 Å². The van der Waals surface area contributed by atoms with Gasteiger partial charge in [0.1, 0.15) is 0 Å². The molecule has 3 N–H and O–H groups in total. The van der Waals surface area contributed by atoms with E-state index in [9.17, 15) is 0 Å². The Morgan fingerprint density at radius 2 is 2.00 bits per heavy atom. The van der Waals surface area contributed by atoms with Gasteiger partial charge in [-0.1, -0.05) is 35.3 Å². The molecule has 2 rings (SSSR count). The molecule has 0 fully saturated rings. The SMILES string of the molecule is NNC(CSc1ccccc1Cl)Cc1sccc1Cl. The number of thioether (sulfide) groups is 1. The Balaban J connectivity index is 1.93. The molecule has 1 unspecified atom stereocenters. The van der Waals surface area contributed by atoms with Gasteiger partial charge in [-0.05, 0) is 23.6 Å². The predicted molar refractivity (Wildman–Crippen MR) is 86.3 cm³/mol. The lowest BCUT2D eigenvalue weighted by atomic mass is 10.2. The van der Waals surface area contributed by atoms with E-state index >= 15 is 0 Å². The maximum atomic E-state index is 6.13. The fraction of sp³-hybridized carbons (Fsp3) is 0.231. The third kappa shape index (κ3) is 4.38. The van der Waals surface area contributed by atoms with Crippen molar-refractivity contribution in [2.45, 2.75) is 17.4 Å². The van der Waals surface area contributed by atoms with Crippen LogP contribution < -0.4 is 11.3 Å². The van der Waals surface area contributed by atoms with Crippen LogP contribution in [0.2, 0.25) is 10.0 Å². The number of benzene rings is 1. The molecule has 0 aliphatic carbocycles. The van der Waals surface area contributed by atoms with Gasteiger partial charge in [-0.3, -0.25) is 11.3 Å². The lowest BCUT2D eigenvalue weighted by Crippen LogP contribution is -2.38. The van der Waals surface area contributed by atoms with Crippen LogP contribution in [-0.4, -0.2) is 11.8 Å². The summed E-state index contributed by atoms with van der Waals surface area (Å²) < 4.78 is 0. The highest BCUT2D eigenvalue weighted by Gasteiger charge is 2.12. The summed E-state index contributed by atoms with van der Waals surface area (Å²) in [5.41, 5.74) is 2.84. The first-order valence-electron chi connectivity index (χ1n) is 5.76. The molecular formula is C13H14Cl2N2S2. The third-order valence-corrected chi connectivity index (χ3v) is 5.72. The molecule has 2 nitrogen and oxygen atoms in total. The number of thiophene rings is 1. The number of hydrogen-bond acceptors (Lipinski definition) is 4. The Kier molecular flexibility index (Phi) is 6.01. The maximum absolute atomic E-state index is 6.13. The van der Waals surface area contributed by atoms with Gasteiger partial charge in [-0.25, -0.2) is 0 Å². The van der Waals surface area contributed by atoms with Crippen molar-refractivity contribution >= 4 is 46.3 Å². The number of nitrogens with one attached hydrogen (secondary N) is 1. The van der Waals surface area contributed by atoms with Gasteiger partial charge in [0.2, 0.25) is 0 Å². The molecule has 19 heavy (non-hydrogen) atoms. The second-order valence-electron chi connectivity index (χ2n) is 4.00. The minimum absolute atomic E-state index is 0.164. The summed E-state index contributed by atoms with van der Waals surface area (Å²) in [6, 6.07) is 9.89. The minimum atomic E-state index is 0.164. The number of nitrogens with two attached hydrogens (primary N) is 1. The average molecular weight is 333 g/mol. The van der Waals surface area contributed by atoms with Crippen LogP contribution in [0.4, 0.5) is 0 Å². The molecule has 1 heterocycles. The fourth-order valence-corrected chi connectivity index (χ4v) is 4.08. The van der Waals surface area contributed by atoms with Crippen LogP contribution in [0.1, 0.15) is 4.88 Å². The first-order chi connectivity index (χ1) is 9.20. The summed E-state index contributed by atoms with van der Waals surface area (Å²) >= 11 is 15.6. The summed E-state index contributed by atoms with van der Waals surface area (Å²) in [5, 5.41) is 3.58. The fourth-order valence-electron chi connectivity index (χ4n) is 1.61. The van der Waals surface area contributed by atoms with Gasteiger partial charge in [0.05, 0.1) is 10.0 Å². The van der Waals surface area contributed by atoms with E-state index < -0.39 is 0 Å². The van der Waals surface area contributed by atoms with Crippen molar-refractivity contribution in [2.24, 2.45) is 5.84 Å². The van der Waals surface area contributed by atoms with Crippen LogP contribution in [0.25, 0.3) is 0 Å². The van der Waals surface area contributed by atoms with Crippen LogP contribution in [-0.2, 0) is 6.42 Å². The average Bonchev–Trinajstić information content (AvgIpc) is 2.81. The molecule has 0 radical (unpaired) electrons. The van der Waals surface area contributed by atoms with Crippen molar-refractivity contribution in [3.63, 3.8) is 0 Å². The quantitative estimate of drug-likeness (QED) is 0.472. The van der Waals surface area contributed by atoms with E-state index in [1.54, 1.807) is 23.1 Å². The van der Waals surface area contributed by atoms with Crippen LogP contribution in [0.5, 0.6) is 0 Å². The van der Waals surface area contributed by atoms with Gasteiger partial charge in [-0.2, -0.15) is 0 Å². The van der Waals surface area contributed by atoms with Crippen molar-refractivity contribution in [1.82, 2.24) is 5.43 Å². The third-order valence-electron chi connectivity index (χ3n) is 2.64. The van der Waals surface area contributed by atoms with Crippen LogP contribution in [0.15, 0.2) is 40.6 Å². The van der Waals surface area contributed by atoms with Crippen molar-refractivity contribution < 1.29 is 0 Å². The van der Waals surface area contributed by atoms with Gasteiger partial charge in [0.15, 0.2) is 0 Å². The van der Waals surface area contributed by atoms with E-state index in [0.717, 1.165) is 32.0 Å². The highest BCUT2D eigenvalue weighted by molar-refractivity contribution is 7.99. The number of hydrazine groups is 1. The monoisotopic (exact) mass is 332 g/mol. The first-order valence-corrected chi connectivity index (χ1v) is 8.38. The van der Waals surface area contributed by atoms with Crippen molar-refractivity contribution in [3.8, 4) is 0 Å². The summed E-state index contributed by atoms with van der Waals surface area (Å²) in [7, 11) is 0. The lowest BCUT2D eigenvalue weighted by Gasteiger charge is -2.15. The zero-order chi connectivity index (χ0) is 13.7. The molecule has 0 saturated heterocycles. The van der Waals surface area contributed by atoms with E-state index in [4.69, 9.17) is 29.0 Å². The van der Waals surface area contributed by atoms with E-state index in [1.807, 2.05) is 35.7 Å². The highest BCUT2D eigenvalue weighted by atomic mass is 35.5. The zero-order valence-corrected chi connectivity index (χ0v) is 13.3. The highest BCUT2D eigenvalue weighted by Crippen LogP contribution is 2.29. The molecule has 1 aromatic heterocycles. The van der Waals surface area contributed by atoms with E-state index in [1.165, 1.54) is 0 Å². The number of rotatable bonds is 6. The van der Waals surface area contributed by atoms with Crippen molar-refractivity contribution in [3.05, 3.63) is 50.6 Å². The predicted octanol–water partition coefficient (Wildman–Crippen LogP) is 4.22. The maximum Gasteiger partial charge on any atom is 0.0545 e. The molecule has 0 aliphatic rings. The molecule has 1 aromatic carbocycles. The van der Waals surface area contributed by atoms with E-state index in [-0.39, 0.29) is 6.04 Å². The molecular weight excluding hydrogens is 319 g/mol. The van der Waals surface area contributed by atoms with Gasteiger partial charge < -0.3 is 0 Å². The summed E-state index contributed by atoms with van der Waals surface area (Å²) in [4.78, 5) is 2.23. The molecule has 6 heteroatoms. The molecule has 102 valence electrons. The molecule has 1 atom stereocenters. The Morgan fingerprint density at radius 1 is 1.21 bits per heavy atom. The van der Waals surface area contributed by atoms with E-state index in [0.29, 0.717) is 0 Å². The van der Waals surface area contributed by atoms with Crippen LogP contribution >= 0.6 is 46.3 Å². The topological polar surface area (TPSA) is 38.0 Å². The molecule has 0 saturated carbocycles. The molecule has 0 bridgehead atoms. The number of hydrogen-bond donors (Lipinski definition) is 2. The second-order valence-corrected chi connectivity index (χ2v) is 6.88. The van der Waals surface area contributed by atoms with Crippen molar-refractivity contribution in [1.29, 1.82) is 0 Å². The largest absolute Gasteiger partial charge is 0.271 e. The summed E-state index contributed by atoms with van der Waals surface area (Å²) in [5.74, 6) is 6.45. The summed E-state index contributed by atoms with van der Waals surface area (Å²) in [6.45, 7) is 0. The molecule has 0 aliphatic heterocycles. The second kappa shape index (κ2) is 7.53. The lowest BCUT2D eigenvalue weighted by molar-refractivity contribution is 0.579. The zero-order valence-electron chi connectivity index (χ0n) is 10.1. The van der Waals surface area contributed by atoms with Gasteiger partial charge in [0, 0.05) is 28.0 Å². The van der Waals surface area contributed by atoms with Gasteiger partial charge in [-0.15, -0.1) is 23.1 Å². The standard InChI is InChI=1S/C13H14Cl2N2S2/c14-10-3-1-2-4-12(10)19-8-9(17-16)7-13-11(15)5-6-18-13/h1-6,9,17H,7-8,16H2. The normalized spacial score (nSPS) is 12.6. The van der Waals surface area contributed by atoms with E-state index in [2.05, 4.69) is 5.43 Å². The number of halogens is 2. The smallest absolute Gasteiger partial charge is 0.0545 e. The summed E-state index contributed by atoms with van der Waals surface area (Å²) in [6.07, 6.45) is 0.824. The van der Waals surface area contributed by atoms with Gasteiger partial charge >= 0.3 is 0 Å². The Labute approximate surface area is 131 Å². The Morgan fingerprint density at radius 3 is 2.63 bits per heavy atom. The minimum Gasteiger partial charge on any atom is -0.271 e. The van der Waals surface area contributed by atoms with Crippen molar-refractivity contribution in [2.75, 3.05) is 5.75 Å². The van der Waals surface area contributed by atoms with Crippen LogP contribution in [0, 0.1) is 0 Å². The van der Waals surface area contributed by atoms with Crippen LogP contribution in [0.3, 0.4) is 0 Å². The Bertz CT molecular complexity index is 531. The molecule has 0 amide bonds. The first kappa shape index (κ1) is 15.2. The Hall–Kier alpha value is -0.230. The molecule has 2 aromatic rings. The molecule has 0 spiro atoms.